The fourth-order valence-corrected chi connectivity index (χ4v) is 1.88. The Labute approximate surface area is 139 Å². The van der Waals surface area contributed by atoms with Crippen LogP contribution in [0.1, 0.15) is 23.2 Å². The number of hydrogen-bond donors (Lipinski definition) is 2. The van der Waals surface area contributed by atoms with E-state index in [0.717, 1.165) is 12.8 Å². The van der Waals surface area contributed by atoms with Crippen molar-refractivity contribution < 1.29 is 9.72 Å². The van der Waals surface area contributed by atoms with Gasteiger partial charge in [-0.05, 0) is 31.5 Å². The molecule has 2 rings (SSSR count). The monoisotopic (exact) mass is 339 g/mol. The van der Waals surface area contributed by atoms with Gasteiger partial charge < -0.3 is 11.1 Å². The van der Waals surface area contributed by atoms with Gasteiger partial charge in [0.2, 0.25) is 0 Å². The van der Waals surface area contributed by atoms with Crippen LogP contribution < -0.4 is 11.1 Å². The van der Waals surface area contributed by atoms with Crippen molar-refractivity contribution in [3.63, 3.8) is 0 Å². The van der Waals surface area contributed by atoms with E-state index in [1.165, 1.54) is 23.0 Å². The van der Waals surface area contributed by atoms with E-state index < -0.39 is 4.92 Å². The number of hydrogen-bond acceptors (Lipinski definition) is 5. The van der Waals surface area contributed by atoms with Crippen molar-refractivity contribution in [2.45, 2.75) is 12.8 Å². The van der Waals surface area contributed by atoms with Gasteiger partial charge in [-0.1, -0.05) is 0 Å². The maximum atomic E-state index is 11.9. The fourth-order valence-electron chi connectivity index (χ4n) is 1.88. The third-order valence-corrected chi connectivity index (χ3v) is 3.09. The highest BCUT2D eigenvalue weighted by atomic mass is 35.5. The molecule has 9 heteroatoms. The number of halogens is 1. The summed E-state index contributed by atoms with van der Waals surface area (Å²) >= 11 is 0. The second-order valence-electron chi connectivity index (χ2n) is 4.70. The minimum atomic E-state index is -0.465. The number of unbranched alkanes of at least 4 members (excludes halogenated alkanes) is 1. The van der Waals surface area contributed by atoms with Gasteiger partial charge in [0.05, 0.1) is 22.4 Å². The Morgan fingerprint density at radius 1 is 1.30 bits per heavy atom. The van der Waals surface area contributed by atoms with Crippen molar-refractivity contribution in [2.24, 2.45) is 5.73 Å². The summed E-state index contributed by atoms with van der Waals surface area (Å²) in [7, 11) is 0. The molecule has 1 aromatic carbocycles. The van der Waals surface area contributed by atoms with Gasteiger partial charge in [0.1, 0.15) is 0 Å². The molecule has 8 nitrogen and oxygen atoms in total. The number of benzene rings is 1. The van der Waals surface area contributed by atoms with Crippen molar-refractivity contribution in [3.8, 4) is 5.69 Å². The molecule has 0 saturated heterocycles. The van der Waals surface area contributed by atoms with Crippen molar-refractivity contribution in [1.29, 1.82) is 0 Å². The molecular weight excluding hydrogens is 322 g/mol. The molecule has 0 radical (unpaired) electrons. The number of carbonyl (C=O) groups is 1. The SMILES string of the molecule is Cl.NCCCCNC(=O)c1cnn(-c2ccc([N+](=O)[O-])cc2)c1. The predicted octanol–water partition coefficient (Wildman–Crippen LogP) is 1.67. The number of nitro benzene ring substituents is 1. The number of nitrogens with two attached hydrogens (primary N) is 1. The third kappa shape index (κ3) is 5.04. The summed E-state index contributed by atoms with van der Waals surface area (Å²) in [5, 5.41) is 17.5. The number of carbonyl (C=O) groups excluding carboxylic acids is 1. The molecule has 23 heavy (non-hydrogen) atoms. The zero-order valence-electron chi connectivity index (χ0n) is 12.3. The van der Waals surface area contributed by atoms with Crippen LogP contribution in [0.3, 0.4) is 0 Å². The van der Waals surface area contributed by atoms with Gasteiger partial charge in [-0.15, -0.1) is 12.4 Å². The minimum Gasteiger partial charge on any atom is -0.352 e. The minimum absolute atomic E-state index is 0. The van der Waals surface area contributed by atoms with Crippen LogP contribution in [-0.2, 0) is 0 Å². The van der Waals surface area contributed by atoms with E-state index in [1.807, 2.05) is 0 Å². The van der Waals surface area contributed by atoms with Crippen molar-refractivity contribution in [2.75, 3.05) is 13.1 Å². The summed E-state index contributed by atoms with van der Waals surface area (Å²) < 4.78 is 1.50. The maximum Gasteiger partial charge on any atom is 0.269 e. The first kappa shape index (κ1) is 18.6. The van der Waals surface area contributed by atoms with Crippen LogP contribution in [0.25, 0.3) is 5.69 Å². The predicted molar refractivity (Wildman–Crippen MR) is 88.1 cm³/mol. The van der Waals surface area contributed by atoms with Crippen LogP contribution in [-0.4, -0.2) is 33.7 Å². The lowest BCUT2D eigenvalue weighted by Crippen LogP contribution is -2.24. The number of aromatic nitrogens is 2. The normalized spacial score (nSPS) is 9.96. The number of non-ortho nitro benzene ring substituents is 1. The molecule has 1 amide bonds. The number of nitrogens with zero attached hydrogens (tertiary/aromatic N) is 3. The molecule has 1 aromatic heterocycles. The number of amides is 1. The zero-order chi connectivity index (χ0) is 15.9. The summed E-state index contributed by atoms with van der Waals surface area (Å²) in [6.07, 6.45) is 4.74. The van der Waals surface area contributed by atoms with Crippen molar-refractivity contribution in [3.05, 3.63) is 52.3 Å². The second kappa shape index (κ2) is 8.86. The van der Waals surface area contributed by atoms with Crippen LogP contribution in [0.2, 0.25) is 0 Å². The first-order chi connectivity index (χ1) is 10.6. The van der Waals surface area contributed by atoms with E-state index in [9.17, 15) is 14.9 Å². The molecule has 0 bridgehead atoms. The standard InChI is InChI=1S/C14H17N5O3.ClH/c15-7-1-2-8-16-14(20)11-9-17-18(10-11)12-3-5-13(6-4-12)19(21)22;/h3-6,9-10H,1-2,7-8,15H2,(H,16,20);1H. The highest BCUT2D eigenvalue weighted by Crippen LogP contribution is 2.15. The number of rotatable bonds is 7. The zero-order valence-corrected chi connectivity index (χ0v) is 13.2. The van der Waals surface area contributed by atoms with E-state index in [-0.39, 0.29) is 24.0 Å². The first-order valence-electron chi connectivity index (χ1n) is 6.89. The van der Waals surface area contributed by atoms with E-state index in [0.29, 0.717) is 24.3 Å². The molecule has 0 atom stereocenters. The number of nitro groups is 1. The van der Waals surface area contributed by atoms with Crippen LogP contribution in [0.5, 0.6) is 0 Å². The quantitative estimate of drug-likeness (QED) is 0.452. The second-order valence-corrected chi connectivity index (χ2v) is 4.70. The van der Waals surface area contributed by atoms with Gasteiger partial charge in [0, 0.05) is 24.9 Å². The molecule has 3 N–H and O–H groups in total. The molecule has 0 aliphatic carbocycles. The van der Waals surface area contributed by atoms with E-state index >= 15 is 0 Å². The topological polar surface area (TPSA) is 116 Å². The molecule has 0 spiro atoms. The van der Waals surface area contributed by atoms with Gasteiger partial charge in [-0.3, -0.25) is 14.9 Å². The Balaban J connectivity index is 0.00000264. The molecule has 1 heterocycles. The first-order valence-corrected chi connectivity index (χ1v) is 6.89. The average molecular weight is 340 g/mol. The number of nitrogens with one attached hydrogen (secondary N) is 1. The molecule has 0 aliphatic rings. The Kier molecular flexibility index (Phi) is 7.17. The molecule has 0 saturated carbocycles. The van der Waals surface area contributed by atoms with E-state index in [1.54, 1.807) is 18.3 Å². The molecular formula is C14H18ClN5O3. The lowest BCUT2D eigenvalue weighted by molar-refractivity contribution is -0.384. The van der Waals surface area contributed by atoms with Crippen LogP contribution in [0.4, 0.5) is 5.69 Å². The highest BCUT2D eigenvalue weighted by Gasteiger charge is 2.10. The lowest BCUT2D eigenvalue weighted by Gasteiger charge is -2.02. The summed E-state index contributed by atoms with van der Waals surface area (Å²) in [4.78, 5) is 22.1. The van der Waals surface area contributed by atoms with Gasteiger partial charge in [-0.2, -0.15) is 5.10 Å². The Morgan fingerprint density at radius 3 is 2.61 bits per heavy atom. The molecule has 2 aromatic rings. The van der Waals surface area contributed by atoms with Crippen molar-refractivity contribution >= 4 is 24.0 Å². The summed E-state index contributed by atoms with van der Waals surface area (Å²) in [6.45, 7) is 1.17. The van der Waals surface area contributed by atoms with Gasteiger partial charge in [-0.25, -0.2) is 4.68 Å². The average Bonchev–Trinajstić information content (AvgIpc) is 3.01. The van der Waals surface area contributed by atoms with Crippen LogP contribution >= 0.6 is 12.4 Å². The Bertz CT molecular complexity index is 657. The Hall–Kier alpha value is -2.45. The summed E-state index contributed by atoms with van der Waals surface area (Å²) in [6, 6.07) is 5.94. The van der Waals surface area contributed by atoms with Gasteiger partial charge >= 0.3 is 0 Å². The van der Waals surface area contributed by atoms with E-state index in [2.05, 4.69) is 10.4 Å². The highest BCUT2D eigenvalue weighted by molar-refractivity contribution is 5.93. The Morgan fingerprint density at radius 2 is 2.00 bits per heavy atom. The van der Waals surface area contributed by atoms with Crippen LogP contribution in [0, 0.1) is 10.1 Å². The third-order valence-electron chi connectivity index (χ3n) is 3.09. The molecule has 124 valence electrons. The van der Waals surface area contributed by atoms with Gasteiger partial charge in [0.25, 0.3) is 11.6 Å². The maximum absolute atomic E-state index is 11.9. The summed E-state index contributed by atoms with van der Waals surface area (Å²) in [5.74, 6) is -0.204. The molecule has 0 aliphatic heterocycles. The molecule has 0 fully saturated rings. The summed E-state index contributed by atoms with van der Waals surface area (Å²) in [5.41, 5.74) is 6.48. The molecule has 0 unspecified atom stereocenters. The van der Waals surface area contributed by atoms with Crippen molar-refractivity contribution in [1.82, 2.24) is 15.1 Å². The smallest absolute Gasteiger partial charge is 0.269 e. The van der Waals surface area contributed by atoms with Crippen LogP contribution in [0.15, 0.2) is 36.7 Å². The van der Waals surface area contributed by atoms with Gasteiger partial charge in [0.15, 0.2) is 0 Å². The van der Waals surface area contributed by atoms with E-state index in [4.69, 9.17) is 5.73 Å². The fraction of sp³-hybridized carbons (Fsp3) is 0.286. The largest absolute Gasteiger partial charge is 0.352 e. The lowest BCUT2D eigenvalue weighted by atomic mass is 10.3.